The molecule has 0 radical (unpaired) electrons. The van der Waals surface area contributed by atoms with E-state index < -0.39 is 0 Å². The Labute approximate surface area is 97.7 Å². The zero-order valence-electron chi connectivity index (χ0n) is 9.14. The maximum atomic E-state index is 11.4. The summed E-state index contributed by atoms with van der Waals surface area (Å²) in [5.74, 6) is 0. The van der Waals surface area contributed by atoms with Crippen LogP contribution in [-0.4, -0.2) is 9.97 Å². The Kier molecular flexibility index (Phi) is 3.35. The van der Waals surface area contributed by atoms with Crippen LogP contribution in [0, 0.1) is 0 Å². The standard InChI is InChI=1S/C13H12N2O2/c16-12-10(6-2-8-14-12)4-1-5-11-7-3-9-15-13(11)17/h1-4,6-9H,5H2,(H,14,16)(H,15,17). The van der Waals surface area contributed by atoms with Crippen molar-refractivity contribution in [1.82, 2.24) is 9.97 Å². The maximum absolute atomic E-state index is 11.4. The van der Waals surface area contributed by atoms with E-state index in [4.69, 9.17) is 0 Å². The van der Waals surface area contributed by atoms with Crippen molar-refractivity contribution in [1.29, 1.82) is 0 Å². The summed E-state index contributed by atoms with van der Waals surface area (Å²) in [6, 6.07) is 7.03. The minimum atomic E-state index is -0.134. The molecule has 0 aromatic carbocycles. The zero-order chi connectivity index (χ0) is 12.1. The topological polar surface area (TPSA) is 65.7 Å². The molecule has 2 aromatic rings. The van der Waals surface area contributed by atoms with Crippen LogP contribution in [0.15, 0.2) is 52.3 Å². The molecule has 0 unspecified atom stereocenters. The van der Waals surface area contributed by atoms with Gasteiger partial charge >= 0.3 is 0 Å². The number of hydrogen-bond acceptors (Lipinski definition) is 2. The third kappa shape index (κ3) is 2.81. The van der Waals surface area contributed by atoms with Crippen LogP contribution in [0.25, 0.3) is 6.08 Å². The SMILES string of the molecule is O=c1[nH]cccc1C=CCc1ccc[nH]c1=O. The van der Waals surface area contributed by atoms with Crippen LogP contribution in [-0.2, 0) is 6.42 Å². The first kappa shape index (κ1) is 11.1. The van der Waals surface area contributed by atoms with E-state index in [1.807, 2.05) is 0 Å². The molecule has 0 saturated carbocycles. The molecule has 0 saturated heterocycles. The largest absolute Gasteiger partial charge is 0.329 e. The normalized spacial score (nSPS) is 10.8. The third-order valence-electron chi connectivity index (χ3n) is 2.38. The molecule has 0 atom stereocenters. The highest BCUT2D eigenvalue weighted by Gasteiger charge is 1.95. The average molecular weight is 228 g/mol. The second-order valence-electron chi connectivity index (χ2n) is 3.59. The van der Waals surface area contributed by atoms with Crippen LogP contribution >= 0.6 is 0 Å². The first-order valence-corrected chi connectivity index (χ1v) is 5.28. The number of aromatic nitrogens is 2. The van der Waals surface area contributed by atoms with Crippen molar-refractivity contribution in [2.24, 2.45) is 0 Å². The van der Waals surface area contributed by atoms with E-state index in [9.17, 15) is 9.59 Å². The van der Waals surface area contributed by atoms with Gasteiger partial charge in [0.05, 0.1) is 0 Å². The van der Waals surface area contributed by atoms with Gasteiger partial charge < -0.3 is 9.97 Å². The zero-order valence-corrected chi connectivity index (χ0v) is 9.14. The number of rotatable bonds is 3. The fraction of sp³-hybridized carbons (Fsp3) is 0.0769. The number of nitrogens with one attached hydrogen (secondary N) is 2. The molecule has 2 rings (SSSR count). The third-order valence-corrected chi connectivity index (χ3v) is 2.38. The van der Waals surface area contributed by atoms with Crippen LogP contribution in [0.3, 0.4) is 0 Å². The van der Waals surface area contributed by atoms with E-state index in [1.54, 1.807) is 48.8 Å². The molecule has 2 heterocycles. The summed E-state index contributed by atoms with van der Waals surface area (Å²) in [7, 11) is 0. The molecule has 4 heteroatoms. The molecule has 0 amide bonds. The first-order chi connectivity index (χ1) is 8.27. The molecular weight excluding hydrogens is 216 g/mol. The molecule has 2 aromatic heterocycles. The lowest BCUT2D eigenvalue weighted by Gasteiger charge is -1.94. The number of aromatic amines is 2. The Morgan fingerprint density at radius 2 is 1.71 bits per heavy atom. The van der Waals surface area contributed by atoms with E-state index in [1.165, 1.54) is 0 Å². The minimum Gasteiger partial charge on any atom is -0.329 e. The minimum absolute atomic E-state index is 0.0980. The molecule has 0 aliphatic carbocycles. The van der Waals surface area contributed by atoms with Crippen molar-refractivity contribution in [3.05, 3.63) is 74.6 Å². The Hall–Kier alpha value is -2.36. The van der Waals surface area contributed by atoms with Crippen molar-refractivity contribution in [2.75, 3.05) is 0 Å². The molecule has 86 valence electrons. The van der Waals surface area contributed by atoms with E-state index in [0.29, 0.717) is 17.5 Å². The molecule has 0 spiro atoms. The number of H-pyrrole nitrogens is 2. The lowest BCUT2D eigenvalue weighted by Crippen LogP contribution is -2.10. The Morgan fingerprint density at radius 3 is 2.41 bits per heavy atom. The molecule has 0 bridgehead atoms. The highest BCUT2D eigenvalue weighted by Crippen LogP contribution is 1.97. The van der Waals surface area contributed by atoms with Gasteiger partial charge in [-0.15, -0.1) is 0 Å². The van der Waals surface area contributed by atoms with Gasteiger partial charge in [-0.3, -0.25) is 9.59 Å². The second kappa shape index (κ2) is 5.12. The van der Waals surface area contributed by atoms with Gasteiger partial charge in [-0.25, -0.2) is 0 Å². The molecule has 0 aliphatic rings. The molecule has 4 nitrogen and oxygen atoms in total. The molecule has 2 N–H and O–H groups in total. The first-order valence-electron chi connectivity index (χ1n) is 5.28. The molecule has 0 aliphatic heterocycles. The van der Waals surface area contributed by atoms with Gasteiger partial charge in [-0.2, -0.15) is 0 Å². The van der Waals surface area contributed by atoms with Gasteiger partial charge in [-0.05, 0) is 24.6 Å². The van der Waals surface area contributed by atoms with Crippen LogP contribution in [0.4, 0.5) is 0 Å². The van der Waals surface area contributed by atoms with Gasteiger partial charge in [-0.1, -0.05) is 18.2 Å². The average Bonchev–Trinajstić information content (AvgIpc) is 2.34. The van der Waals surface area contributed by atoms with Crippen molar-refractivity contribution in [3.8, 4) is 0 Å². The van der Waals surface area contributed by atoms with Gasteiger partial charge in [0.1, 0.15) is 0 Å². The maximum Gasteiger partial charge on any atom is 0.255 e. The Bertz CT molecular complexity index is 638. The fourth-order valence-corrected chi connectivity index (χ4v) is 1.50. The lowest BCUT2D eigenvalue weighted by molar-refractivity contribution is 1.13. The highest BCUT2D eigenvalue weighted by atomic mass is 16.1. The van der Waals surface area contributed by atoms with Crippen molar-refractivity contribution >= 4 is 6.08 Å². The summed E-state index contributed by atoms with van der Waals surface area (Å²) in [6.07, 6.45) is 7.20. The molecule has 0 fully saturated rings. The van der Waals surface area contributed by atoms with E-state index in [-0.39, 0.29) is 11.1 Å². The summed E-state index contributed by atoms with van der Waals surface area (Å²) >= 11 is 0. The predicted octanol–water partition coefficient (Wildman–Crippen LogP) is 1.32. The van der Waals surface area contributed by atoms with Crippen molar-refractivity contribution < 1.29 is 0 Å². The lowest BCUT2D eigenvalue weighted by atomic mass is 10.1. The van der Waals surface area contributed by atoms with E-state index in [0.717, 1.165) is 0 Å². The van der Waals surface area contributed by atoms with E-state index >= 15 is 0 Å². The summed E-state index contributed by atoms with van der Waals surface area (Å²) in [4.78, 5) is 27.9. The summed E-state index contributed by atoms with van der Waals surface area (Å²) < 4.78 is 0. The quantitative estimate of drug-likeness (QED) is 0.832. The van der Waals surface area contributed by atoms with Gasteiger partial charge in [0.15, 0.2) is 0 Å². The Balaban J connectivity index is 2.14. The van der Waals surface area contributed by atoms with Crippen molar-refractivity contribution in [3.63, 3.8) is 0 Å². The van der Waals surface area contributed by atoms with Gasteiger partial charge in [0.2, 0.25) is 0 Å². The van der Waals surface area contributed by atoms with Gasteiger partial charge in [0.25, 0.3) is 11.1 Å². The van der Waals surface area contributed by atoms with Crippen LogP contribution in [0.5, 0.6) is 0 Å². The number of hydrogen-bond donors (Lipinski definition) is 2. The molecule has 17 heavy (non-hydrogen) atoms. The number of allylic oxidation sites excluding steroid dienone is 1. The van der Waals surface area contributed by atoms with Crippen LogP contribution < -0.4 is 11.1 Å². The van der Waals surface area contributed by atoms with Crippen molar-refractivity contribution in [2.45, 2.75) is 6.42 Å². The highest BCUT2D eigenvalue weighted by molar-refractivity contribution is 5.47. The number of pyridine rings is 2. The summed E-state index contributed by atoms with van der Waals surface area (Å²) in [6.45, 7) is 0. The van der Waals surface area contributed by atoms with Crippen LogP contribution in [0.1, 0.15) is 11.1 Å². The second-order valence-corrected chi connectivity index (χ2v) is 3.59. The monoisotopic (exact) mass is 228 g/mol. The summed E-state index contributed by atoms with van der Waals surface area (Å²) in [5.41, 5.74) is 1.03. The predicted molar refractivity (Wildman–Crippen MR) is 66.9 cm³/mol. The molecular formula is C13H12N2O2. The summed E-state index contributed by atoms with van der Waals surface area (Å²) in [5, 5.41) is 0. The smallest absolute Gasteiger partial charge is 0.255 e. The Morgan fingerprint density at radius 1 is 1.00 bits per heavy atom. The van der Waals surface area contributed by atoms with Gasteiger partial charge in [0, 0.05) is 23.5 Å². The van der Waals surface area contributed by atoms with Crippen LogP contribution in [0.2, 0.25) is 0 Å². The fourth-order valence-electron chi connectivity index (χ4n) is 1.50. The van der Waals surface area contributed by atoms with E-state index in [2.05, 4.69) is 9.97 Å².